The van der Waals surface area contributed by atoms with Gasteiger partial charge >= 0.3 is 145 Å². The number of benzene rings is 2. The fraction of sp³-hybridized carbons (Fsp3) is 0.455. The molecule has 4 rings (SSSR count). The zero-order valence-corrected chi connectivity index (χ0v) is 30.3. The van der Waals surface area contributed by atoms with Crippen molar-refractivity contribution in [2.24, 2.45) is 11.8 Å². The summed E-state index contributed by atoms with van der Waals surface area (Å²) in [5.74, 6) is 7.92. The average molecular weight is 784 g/mol. The molecule has 213 valence electrons. The molecular weight excluding hydrogens is 739 g/mol. The van der Waals surface area contributed by atoms with Crippen molar-refractivity contribution in [1.29, 1.82) is 0 Å². The molecule has 1 N–H and O–H groups in total. The normalized spacial score (nSPS) is 12.6. The molecule has 2 aromatic carbocycles. The van der Waals surface area contributed by atoms with E-state index in [1.54, 1.807) is 4.40 Å². The molecule has 0 atom stereocenters. The zero-order chi connectivity index (χ0) is 28.2. The van der Waals surface area contributed by atoms with Crippen LogP contribution in [0.5, 0.6) is 0 Å². The van der Waals surface area contributed by atoms with E-state index in [0.717, 1.165) is 31.4 Å². The van der Waals surface area contributed by atoms with Crippen molar-refractivity contribution in [2.45, 2.75) is 94.3 Å². The van der Waals surface area contributed by atoms with Crippen LogP contribution >= 0.6 is 11.8 Å². The van der Waals surface area contributed by atoms with Crippen molar-refractivity contribution in [1.82, 2.24) is 4.98 Å². The Bertz CT molecular complexity index is 1340. The van der Waals surface area contributed by atoms with Crippen LogP contribution in [0.1, 0.15) is 64.5 Å². The number of carbonyl (C=O) groups excluding carboxylic acids is 1. The Morgan fingerprint density at radius 1 is 1.03 bits per heavy atom. The number of aliphatic hydroxyl groups is 1. The minimum atomic E-state index is -1.87. The van der Waals surface area contributed by atoms with Crippen LogP contribution in [0.4, 0.5) is 0 Å². The Hall–Kier alpha value is -1.40. The van der Waals surface area contributed by atoms with Crippen LogP contribution in [0.2, 0.25) is 17.3 Å². The number of aromatic nitrogens is 1. The second kappa shape index (κ2) is 14.5. The van der Waals surface area contributed by atoms with Gasteiger partial charge in [-0.25, -0.2) is 0 Å². The maximum Gasteiger partial charge on any atom is 0 e. The van der Waals surface area contributed by atoms with Gasteiger partial charge < -0.3 is 5.11 Å². The van der Waals surface area contributed by atoms with Gasteiger partial charge in [0, 0.05) is 38.0 Å². The summed E-state index contributed by atoms with van der Waals surface area (Å²) in [5.41, 5.74) is 4.79. The van der Waals surface area contributed by atoms with E-state index in [0.29, 0.717) is 0 Å². The maximum atomic E-state index is 11.7. The molecular formula is C33H44GeIrNO2S-. The van der Waals surface area contributed by atoms with E-state index in [-0.39, 0.29) is 43.5 Å². The number of aryl methyl sites for hydroxylation is 2. The second-order valence-electron chi connectivity index (χ2n) is 11.4. The summed E-state index contributed by atoms with van der Waals surface area (Å²) >= 11 is 0.0308. The molecule has 1 aliphatic heterocycles. The zero-order valence-electron chi connectivity index (χ0n) is 25.0. The number of pyridine rings is 1. The Balaban J connectivity index is 0.000000294. The minimum absolute atomic E-state index is 0. The number of aliphatic hydroxyl groups excluding tert-OH is 1. The van der Waals surface area contributed by atoms with Gasteiger partial charge in [0.25, 0.3) is 0 Å². The Labute approximate surface area is 256 Å². The van der Waals surface area contributed by atoms with E-state index in [1.165, 1.54) is 43.3 Å². The van der Waals surface area contributed by atoms with E-state index in [1.807, 2.05) is 45.7 Å². The van der Waals surface area contributed by atoms with Gasteiger partial charge in [0.15, 0.2) is 5.78 Å². The number of carbonyl (C=O) groups is 1. The van der Waals surface area contributed by atoms with Crippen LogP contribution < -0.4 is 4.40 Å². The molecule has 0 saturated heterocycles. The monoisotopic (exact) mass is 785 g/mol. The molecule has 6 heteroatoms. The first-order chi connectivity index (χ1) is 17.9. The molecule has 2 heterocycles. The number of hydrogen-bond acceptors (Lipinski definition) is 4. The molecule has 0 bridgehead atoms. The molecule has 0 aliphatic carbocycles. The standard InChI is InChI=1S/C20H20GeNS.C13H24O2.Ir/c1-12-8-13(2)20-16(9-12)19-18-14(6-7-22-19)10-15(21(3,4)5)11-17(18)23-20;1-5-10(6-2)12(14)9-13(15)11(7-3)8-4;/h6-8,10-11H,1-5H3;9-11,14H,5-8H2,1-4H3;/q-1;;/b;12-9-;. The number of hydrogen-bond donors (Lipinski definition) is 1. The van der Waals surface area contributed by atoms with Crippen molar-refractivity contribution < 1.29 is 30.0 Å². The summed E-state index contributed by atoms with van der Waals surface area (Å²) in [7, 11) is 0. The molecule has 3 nitrogen and oxygen atoms in total. The van der Waals surface area contributed by atoms with E-state index >= 15 is 0 Å². The van der Waals surface area contributed by atoms with Crippen LogP contribution in [-0.2, 0) is 24.9 Å². The first kappa shape index (κ1) is 33.8. The van der Waals surface area contributed by atoms with Crippen LogP contribution in [0.25, 0.3) is 22.0 Å². The summed E-state index contributed by atoms with van der Waals surface area (Å²) < 4.78 is 1.56. The molecule has 0 saturated carbocycles. The molecule has 1 aliphatic rings. The number of ketones is 1. The number of allylic oxidation sites excluding steroid dienone is 2. The summed E-state index contributed by atoms with van der Waals surface area (Å²) in [6.07, 6.45) is 6.86. The van der Waals surface area contributed by atoms with Crippen molar-refractivity contribution in [3.8, 4) is 11.3 Å². The van der Waals surface area contributed by atoms with Gasteiger partial charge in [0.05, 0.1) is 5.76 Å². The molecule has 39 heavy (non-hydrogen) atoms. The smallest absolute Gasteiger partial charge is 0 e. The number of nitrogens with zero attached hydrogens (tertiary/aromatic N) is 1. The third kappa shape index (κ3) is 7.87. The SMILES string of the molecule is CCC(CC)C(=O)/C=C(\O)C(CC)CC.Cc1[c-]c2c(c(C)c1)Sc1c[c]([Ge]([CH3])([CH3])[CH3])cc3ccnc-2c13.[Ir]. The third-order valence-electron chi connectivity index (χ3n) is 7.56. The van der Waals surface area contributed by atoms with Crippen LogP contribution in [-0.4, -0.2) is 29.1 Å². The molecule has 0 amide bonds. The fourth-order valence-electron chi connectivity index (χ4n) is 5.05. The van der Waals surface area contributed by atoms with Gasteiger partial charge in [-0.3, -0.25) is 4.79 Å². The predicted molar refractivity (Wildman–Crippen MR) is 166 cm³/mol. The predicted octanol–water partition coefficient (Wildman–Crippen LogP) is 9.20. The quantitative estimate of drug-likeness (QED) is 0.0839. The van der Waals surface area contributed by atoms with Gasteiger partial charge in [0.1, 0.15) is 0 Å². The van der Waals surface area contributed by atoms with Gasteiger partial charge in [-0.15, -0.1) is 0 Å². The van der Waals surface area contributed by atoms with Crippen LogP contribution in [0, 0.1) is 31.7 Å². The van der Waals surface area contributed by atoms with Crippen molar-refractivity contribution in [2.75, 3.05) is 0 Å². The topological polar surface area (TPSA) is 50.2 Å². The van der Waals surface area contributed by atoms with E-state index < -0.39 is 13.3 Å². The summed E-state index contributed by atoms with van der Waals surface area (Å²) in [4.78, 5) is 19.1. The van der Waals surface area contributed by atoms with Gasteiger partial charge in [-0.05, 0) is 25.7 Å². The van der Waals surface area contributed by atoms with E-state index in [2.05, 4.69) is 61.4 Å². The van der Waals surface area contributed by atoms with Crippen molar-refractivity contribution >= 4 is 46.0 Å². The van der Waals surface area contributed by atoms with Crippen LogP contribution in [0.15, 0.2) is 52.1 Å². The van der Waals surface area contributed by atoms with Gasteiger partial charge in [-0.1, -0.05) is 27.7 Å². The first-order valence-corrected chi connectivity index (χ1v) is 22.2. The summed E-state index contributed by atoms with van der Waals surface area (Å²) in [6.45, 7) is 12.4. The molecule has 1 aromatic heterocycles. The third-order valence-corrected chi connectivity index (χ3v) is 13.1. The average Bonchev–Trinajstić information content (AvgIpc) is 2.86. The van der Waals surface area contributed by atoms with Crippen LogP contribution in [0.3, 0.4) is 0 Å². The van der Waals surface area contributed by atoms with Gasteiger partial charge in [0.2, 0.25) is 0 Å². The summed E-state index contributed by atoms with van der Waals surface area (Å²) in [6, 6.07) is 12.8. The molecule has 0 fully saturated rings. The van der Waals surface area contributed by atoms with E-state index in [4.69, 9.17) is 4.98 Å². The fourth-order valence-corrected chi connectivity index (χ4v) is 8.90. The maximum absolute atomic E-state index is 11.7. The largest absolute Gasteiger partial charge is 0 e. The Morgan fingerprint density at radius 3 is 2.21 bits per heavy atom. The Morgan fingerprint density at radius 2 is 1.64 bits per heavy atom. The van der Waals surface area contributed by atoms with Gasteiger partial charge in [-0.2, -0.15) is 0 Å². The summed E-state index contributed by atoms with van der Waals surface area (Å²) in [5, 5.41) is 12.4. The minimum Gasteiger partial charge on any atom is 0 e. The molecule has 1 radical (unpaired) electrons. The Kier molecular flexibility index (Phi) is 12.6. The second-order valence-corrected chi connectivity index (χ2v) is 23.1. The molecule has 0 unspecified atom stereocenters. The van der Waals surface area contributed by atoms with Crippen molar-refractivity contribution in [3.05, 3.63) is 59.5 Å². The van der Waals surface area contributed by atoms with Crippen molar-refractivity contribution in [3.63, 3.8) is 0 Å². The molecule has 0 spiro atoms. The first-order valence-electron chi connectivity index (χ1n) is 14.0. The van der Waals surface area contributed by atoms with E-state index in [9.17, 15) is 9.90 Å². The molecule has 3 aromatic rings. The number of fused-ring (bicyclic) bond motifs is 2. The number of rotatable bonds is 8.